The van der Waals surface area contributed by atoms with E-state index in [9.17, 15) is 9.90 Å². The number of rotatable bonds is 8. The van der Waals surface area contributed by atoms with Crippen molar-refractivity contribution in [3.8, 4) is 0 Å². The van der Waals surface area contributed by atoms with Crippen LogP contribution in [0.5, 0.6) is 0 Å². The number of hydrogen-bond donors (Lipinski definition) is 3. The smallest absolute Gasteiger partial charge is 0.319 e. The summed E-state index contributed by atoms with van der Waals surface area (Å²) in [6, 6.07) is 7.37. The van der Waals surface area contributed by atoms with Crippen LogP contribution in [0.2, 0.25) is 0 Å². The van der Waals surface area contributed by atoms with E-state index in [-0.39, 0.29) is 23.7 Å². The van der Waals surface area contributed by atoms with Gasteiger partial charge in [-0.3, -0.25) is 0 Å². The minimum atomic E-state index is -0.382. The lowest BCUT2D eigenvalue weighted by Gasteiger charge is -2.26. The molecule has 130 valence electrons. The van der Waals surface area contributed by atoms with Gasteiger partial charge in [0.1, 0.15) is 0 Å². The summed E-state index contributed by atoms with van der Waals surface area (Å²) in [4.78, 5) is 12.0. The molecule has 1 atom stereocenters. The molecule has 0 fully saturated rings. The minimum Gasteiger partial charge on any atom is -0.393 e. The van der Waals surface area contributed by atoms with Gasteiger partial charge in [0.2, 0.25) is 0 Å². The van der Waals surface area contributed by atoms with Crippen LogP contribution in [0.3, 0.4) is 0 Å². The Bertz CT molecular complexity index is 499. The molecule has 0 heterocycles. The van der Waals surface area contributed by atoms with Gasteiger partial charge < -0.3 is 20.5 Å². The van der Waals surface area contributed by atoms with Gasteiger partial charge in [-0.15, -0.1) is 0 Å². The summed E-state index contributed by atoms with van der Waals surface area (Å²) in [6.45, 7) is 10.8. The monoisotopic (exact) mass is 322 g/mol. The zero-order chi connectivity index (χ0) is 17.5. The van der Waals surface area contributed by atoms with Crippen molar-refractivity contribution < 1.29 is 14.6 Å². The van der Waals surface area contributed by atoms with Gasteiger partial charge in [-0.05, 0) is 50.3 Å². The van der Waals surface area contributed by atoms with Gasteiger partial charge >= 0.3 is 6.03 Å². The highest BCUT2D eigenvalue weighted by Gasteiger charge is 2.21. The highest BCUT2D eigenvalue weighted by atomic mass is 16.5. The lowest BCUT2D eigenvalue weighted by Crippen LogP contribution is -2.38. The molecule has 3 N–H and O–H groups in total. The molecule has 0 spiro atoms. The third-order valence-electron chi connectivity index (χ3n) is 3.34. The number of hydrogen-bond acceptors (Lipinski definition) is 3. The van der Waals surface area contributed by atoms with E-state index in [1.807, 2.05) is 52.0 Å². The summed E-state index contributed by atoms with van der Waals surface area (Å²) in [5.74, 6) is 0. The second kappa shape index (κ2) is 8.89. The van der Waals surface area contributed by atoms with Crippen molar-refractivity contribution >= 4 is 11.7 Å². The van der Waals surface area contributed by atoms with Crippen LogP contribution in [0.25, 0.3) is 0 Å². The Kier molecular flexibility index (Phi) is 7.52. The normalized spacial score (nSPS) is 13.0. The maximum Gasteiger partial charge on any atom is 0.319 e. The first-order valence-electron chi connectivity index (χ1n) is 8.11. The fourth-order valence-corrected chi connectivity index (χ4v) is 2.37. The van der Waals surface area contributed by atoms with Crippen LogP contribution >= 0.6 is 0 Å². The van der Waals surface area contributed by atoms with Gasteiger partial charge in [0.05, 0.1) is 18.8 Å². The average molecular weight is 322 g/mol. The largest absolute Gasteiger partial charge is 0.393 e. The van der Waals surface area contributed by atoms with Crippen LogP contribution in [0.4, 0.5) is 10.5 Å². The predicted molar refractivity (Wildman–Crippen MR) is 93.5 cm³/mol. The summed E-state index contributed by atoms with van der Waals surface area (Å²) in [6.07, 6.45) is 0.425. The van der Waals surface area contributed by atoms with E-state index in [0.29, 0.717) is 19.6 Å². The zero-order valence-corrected chi connectivity index (χ0v) is 14.8. The number of amides is 2. The molecule has 0 radical (unpaired) electrons. The van der Waals surface area contributed by atoms with E-state index in [4.69, 9.17) is 4.74 Å². The molecular weight excluding hydrogens is 292 g/mol. The van der Waals surface area contributed by atoms with Gasteiger partial charge in [-0.2, -0.15) is 0 Å². The molecule has 0 aromatic heterocycles. The molecule has 1 unspecified atom stereocenters. The third kappa shape index (κ3) is 8.57. The standard InChI is InChI=1S/C18H30N2O3/c1-13(2)23-11-15-7-6-8-16(9-15)20-17(22)19-12-18(4,5)10-14(3)21/h6-9,13-14,21H,10-12H2,1-5H3,(H2,19,20,22). The summed E-state index contributed by atoms with van der Waals surface area (Å²) in [7, 11) is 0. The topological polar surface area (TPSA) is 70.6 Å². The maximum absolute atomic E-state index is 12.0. The van der Waals surface area contributed by atoms with Crippen molar-refractivity contribution in [1.82, 2.24) is 5.32 Å². The van der Waals surface area contributed by atoms with Crippen LogP contribution in [-0.2, 0) is 11.3 Å². The highest BCUT2D eigenvalue weighted by molar-refractivity contribution is 5.89. The molecule has 0 saturated carbocycles. The molecule has 1 aromatic rings. The molecule has 0 saturated heterocycles. The van der Waals surface area contributed by atoms with E-state index in [1.165, 1.54) is 0 Å². The van der Waals surface area contributed by atoms with E-state index >= 15 is 0 Å². The second-order valence-corrected chi connectivity index (χ2v) is 7.09. The van der Waals surface area contributed by atoms with Crippen molar-refractivity contribution in [2.45, 2.75) is 59.9 Å². The molecule has 0 aliphatic carbocycles. The highest BCUT2D eigenvalue weighted by Crippen LogP contribution is 2.21. The molecule has 0 aliphatic rings. The Morgan fingerprint density at radius 1 is 1.30 bits per heavy atom. The van der Waals surface area contributed by atoms with Crippen molar-refractivity contribution in [2.75, 3.05) is 11.9 Å². The van der Waals surface area contributed by atoms with E-state index < -0.39 is 0 Å². The first-order valence-corrected chi connectivity index (χ1v) is 8.11. The lowest BCUT2D eigenvalue weighted by molar-refractivity contribution is 0.0657. The summed E-state index contributed by atoms with van der Waals surface area (Å²) >= 11 is 0. The Labute approximate surface area is 139 Å². The van der Waals surface area contributed by atoms with E-state index in [2.05, 4.69) is 10.6 Å². The molecule has 2 amide bonds. The number of urea groups is 1. The molecule has 1 aromatic carbocycles. The summed E-state index contributed by atoms with van der Waals surface area (Å²) < 4.78 is 5.56. The molecule has 5 heteroatoms. The van der Waals surface area contributed by atoms with Crippen LogP contribution in [0, 0.1) is 5.41 Å². The number of carbonyl (C=O) groups excluding carboxylic acids is 1. The number of benzene rings is 1. The fraction of sp³-hybridized carbons (Fsp3) is 0.611. The third-order valence-corrected chi connectivity index (χ3v) is 3.34. The average Bonchev–Trinajstić information content (AvgIpc) is 2.42. The van der Waals surface area contributed by atoms with Crippen LogP contribution < -0.4 is 10.6 Å². The van der Waals surface area contributed by atoms with Gasteiger partial charge in [-0.1, -0.05) is 26.0 Å². The van der Waals surface area contributed by atoms with Gasteiger partial charge in [0, 0.05) is 12.2 Å². The number of ether oxygens (including phenoxy) is 1. The molecule has 1 rings (SSSR count). The zero-order valence-electron chi connectivity index (χ0n) is 14.8. The lowest BCUT2D eigenvalue weighted by atomic mass is 9.87. The molecule has 23 heavy (non-hydrogen) atoms. The van der Waals surface area contributed by atoms with Crippen molar-refractivity contribution in [3.05, 3.63) is 29.8 Å². The number of carbonyl (C=O) groups is 1. The van der Waals surface area contributed by atoms with Crippen LogP contribution in [-0.4, -0.2) is 29.9 Å². The fourth-order valence-electron chi connectivity index (χ4n) is 2.37. The maximum atomic E-state index is 12.0. The Morgan fingerprint density at radius 3 is 2.61 bits per heavy atom. The minimum absolute atomic E-state index is 0.154. The SMILES string of the molecule is CC(O)CC(C)(C)CNC(=O)Nc1cccc(COC(C)C)c1. The number of aliphatic hydroxyl groups excluding tert-OH is 1. The molecule has 0 bridgehead atoms. The van der Waals surface area contributed by atoms with Gasteiger partial charge in [0.15, 0.2) is 0 Å². The van der Waals surface area contributed by atoms with Crippen molar-refractivity contribution in [1.29, 1.82) is 0 Å². The van der Waals surface area contributed by atoms with Crippen molar-refractivity contribution in [3.63, 3.8) is 0 Å². The van der Waals surface area contributed by atoms with Crippen LogP contribution in [0.15, 0.2) is 24.3 Å². The van der Waals surface area contributed by atoms with Gasteiger partial charge in [0.25, 0.3) is 0 Å². The summed E-state index contributed by atoms with van der Waals surface area (Å²) in [5, 5.41) is 15.2. The Morgan fingerprint density at radius 2 is 2.00 bits per heavy atom. The first-order chi connectivity index (χ1) is 10.7. The molecule has 5 nitrogen and oxygen atoms in total. The van der Waals surface area contributed by atoms with Crippen LogP contribution in [0.1, 0.15) is 46.6 Å². The Balaban J connectivity index is 2.49. The number of aliphatic hydroxyl groups is 1. The molecular formula is C18H30N2O3. The molecule has 0 aliphatic heterocycles. The number of nitrogens with one attached hydrogen (secondary N) is 2. The van der Waals surface area contributed by atoms with Gasteiger partial charge in [-0.25, -0.2) is 4.79 Å². The summed E-state index contributed by atoms with van der Waals surface area (Å²) in [5.41, 5.74) is 1.60. The quantitative estimate of drug-likeness (QED) is 0.685. The predicted octanol–water partition coefficient (Wildman–Crippen LogP) is 3.53. The van der Waals surface area contributed by atoms with E-state index in [1.54, 1.807) is 6.92 Å². The Hall–Kier alpha value is -1.59. The number of anilines is 1. The van der Waals surface area contributed by atoms with Crippen molar-refractivity contribution in [2.24, 2.45) is 5.41 Å². The van der Waals surface area contributed by atoms with E-state index in [0.717, 1.165) is 11.3 Å². The second-order valence-electron chi connectivity index (χ2n) is 7.09. The first kappa shape index (κ1) is 19.5.